The second-order valence-electron chi connectivity index (χ2n) is 4.75. The molecule has 2 rings (SSSR count). The zero-order chi connectivity index (χ0) is 15.3. The molecule has 0 radical (unpaired) electrons. The van der Waals surface area contributed by atoms with Crippen molar-refractivity contribution < 1.29 is 13.5 Å². The molecule has 5 heteroatoms. The van der Waals surface area contributed by atoms with E-state index in [0.717, 1.165) is 11.1 Å². The van der Waals surface area contributed by atoms with Crippen molar-refractivity contribution >= 4 is 0 Å². The first-order valence-corrected chi connectivity index (χ1v) is 6.50. The molecule has 0 aromatic heterocycles. The standard InChI is InChI=1S/C16H15F2NO2/c1-16(17,18)21-14-9-7-13(8-10-14)15(11-19-20)12-5-3-2-4-6-12/h2-10,15H,11H2,1H3/t15-/m1/s1. The Morgan fingerprint density at radius 1 is 1.05 bits per heavy atom. The second kappa shape index (κ2) is 6.43. The summed E-state index contributed by atoms with van der Waals surface area (Å²) in [5.41, 5.74) is 1.78. The van der Waals surface area contributed by atoms with Crippen LogP contribution in [0.3, 0.4) is 0 Å². The summed E-state index contributed by atoms with van der Waals surface area (Å²) >= 11 is 0. The number of nitroso groups, excluding NO2 is 1. The molecule has 0 N–H and O–H groups in total. The van der Waals surface area contributed by atoms with Gasteiger partial charge in [-0.3, -0.25) is 0 Å². The van der Waals surface area contributed by atoms with Gasteiger partial charge in [0.15, 0.2) is 0 Å². The Morgan fingerprint density at radius 2 is 1.62 bits per heavy atom. The summed E-state index contributed by atoms with van der Waals surface area (Å²) in [6, 6.07) is 15.7. The molecule has 2 aromatic rings. The van der Waals surface area contributed by atoms with E-state index in [1.165, 1.54) is 12.1 Å². The van der Waals surface area contributed by atoms with Crippen LogP contribution in [0.4, 0.5) is 8.78 Å². The highest BCUT2D eigenvalue weighted by Crippen LogP contribution is 2.28. The van der Waals surface area contributed by atoms with Crippen LogP contribution in [0.1, 0.15) is 24.0 Å². The average molecular weight is 291 g/mol. The normalized spacial score (nSPS) is 12.7. The Kier molecular flexibility index (Phi) is 4.62. The average Bonchev–Trinajstić information content (AvgIpc) is 2.45. The number of ether oxygens (including phenoxy) is 1. The van der Waals surface area contributed by atoms with Gasteiger partial charge >= 0.3 is 6.11 Å². The molecule has 0 aliphatic carbocycles. The van der Waals surface area contributed by atoms with Crippen molar-refractivity contribution in [2.75, 3.05) is 6.54 Å². The zero-order valence-corrected chi connectivity index (χ0v) is 11.5. The molecule has 0 amide bonds. The molecule has 0 spiro atoms. The van der Waals surface area contributed by atoms with Crippen molar-refractivity contribution in [3.05, 3.63) is 70.6 Å². The van der Waals surface area contributed by atoms with E-state index in [1.54, 1.807) is 12.1 Å². The number of benzene rings is 2. The van der Waals surface area contributed by atoms with Crippen LogP contribution in [0.25, 0.3) is 0 Å². The van der Waals surface area contributed by atoms with E-state index in [0.29, 0.717) is 6.92 Å². The summed E-state index contributed by atoms with van der Waals surface area (Å²) in [5.74, 6) is -0.114. The summed E-state index contributed by atoms with van der Waals surface area (Å²) in [5, 5.41) is 2.97. The number of nitrogens with zero attached hydrogens (tertiary/aromatic N) is 1. The molecule has 0 aliphatic heterocycles. The summed E-state index contributed by atoms with van der Waals surface area (Å²) in [6.07, 6.45) is -3.22. The van der Waals surface area contributed by atoms with Gasteiger partial charge in [0.1, 0.15) is 5.75 Å². The van der Waals surface area contributed by atoms with Crippen molar-refractivity contribution in [1.29, 1.82) is 0 Å². The largest absolute Gasteiger partial charge is 0.433 e. The number of rotatable bonds is 6. The summed E-state index contributed by atoms with van der Waals surface area (Å²) < 4.78 is 30.0. The number of alkyl halides is 2. The van der Waals surface area contributed by atoms with Crippen LogP contribution < -0.4 is 4.74 Å². The molecule has 21 heavy (non-hydrogen) atoms. The third kappa shape index (κ3) is 4.34. The quantitative estimate of drug-likeness (QED) is 0.731. The minimum Gasteiger partial charge on any atom is -0.433 e. The molecular formula is C16H15F2NO2. The highest BCUT2D eigenvalue weighted by atomic mass is 19.3. The van der Waals surface area contributed by atoms with Gasteiger partial charge in [-0.2, -0.15) is 13.7 Å². The van der Waals surface area contributed by atoms with Crippen LogP contribution in [0, 0.1) is 4.91 Å². The van der Waals surface area contributed by atoms with Crippen LogP contribution in [-0.4, -0.2) is 12.7 Å². The minimum absolute atomic E-state index is 0.0807. The first kappa shape index (κ1) is 15.1. The van der Waals surface area contributed by atoms with Crippen LogP contribution in [0.15, 0.2) is 59.8 Å². The van der Waals surface area contributed by atoms with E-state index in [4.69, 9.17) is 0 Å². The topological polar surface area (TPSA) is 38.7 Å². The molecule has 2 aromatic carbocycles. The van der Waals surface area contributed by atoms with E-state index >= 15 is 0 Å². The van der Waals surface area contributed by atoms with Crippen molar-refractivity contribution in [2.24, 2.45) is 5.18 Å². The van der Waals surface area contributed by atoms with Gasteiger partial charge in [0.2, 0.25) is 0 Å². The molecule has 110 valence electrons. The number of halogens is 2. The SMILES string of the molecule is CC(F)(F)Oc1ccc([C@H](CN=O)c2ccccc2)cc1. The third-order valence-corrected chi connectivity index (χ3v) is 3.04. The van der Waals surface area contributed by atoms with Crippen LogP contribution in [0.2, 0.25) is 0 Å². The maximum Gasteiger partial charge on any atom is 0.394 e. The van der Waals surface area contributed by atoms with Crippen molar-refractivity contribution in [1.82, 2.24) is 0 Å². The fourth-order valence-electron chi connectivity index (χ4n) is 2.14. The molecule has 0 bridgehead atoms. The summed E-state index contributed by atoms with van der Waals surface area (Å²) in [6.45, 7) is 0.776. The van der Waals surface area contributed by atoms with Crippen LogP contribution >= 0.6 is 0 Å². The van der Waals surface area contributed by atoms with Gasteiger partial charge in [-0.1, -0.05) is 47.6 Å². The maximum atomic E-state index is 12.8. The van der Waals surface area contributed by atoms with Gasteiger partial charge in [0, 0.05) is 12.8 Å². The first-order chi connectivity index (χ1) is 9.99. The summed E-state index contributed by atoms with van der Waals surface area (Å²) in [4.78, 5) is 10.6. The van der Waals surface area contributed by atoms with Gasteiger partial charge in [0.05, 0.1) is 6.54 Å². The molecule has 0 unspecified atom stereocenters. The predicted octanol–water partition coefficient (Wildman–Crippen LogP) is 4.58. The number of hydrogen-bond acceptors (Lipinski definition) is 3. The molecule has 0 aliphatic rings. The van der Waals surface area contributed by atoms with E-state index in [2.05, 4.69) is 9.91 Å². The highest BCUT2D eigenvalue weighted by molar-refractivity contribution is 5.36. The van der Waals surface area contributed by atoms with E-state index < -0.39 is 6.11 Å². The Hall–Kier alpha value is -2.30. The van der Waals surface area contributed by atoms with Gasteiger partial charge < -0.3 is 4.74 Å². The lowest BCUT2D eigenvalue weighted by Crippen LogP contribution is -2.19. The predicted molar refractivity (Wildman–Crippen MR) is 76.6 cm³/mol. The lowest BCUT2D eigenvalue weighted by molar-refractivity contribution is -0.158. The Labute approximate surface area is 121 Å². The van der Waals surface area contributed by atoms with E-state index in [1.807, 2.05) is 30.3 Å². The van der Waals surface area contributed by atoms with Crippen LogP contribution in [-0.2, 0) is 0 Å². The summed E-state index contributed by atoms with van der Waals surface area (Å²) in [7, 11) is 0. The fraction of sp³-hybridized carbons (Fsp3) is 0.250. The van der Waals surface area contributed by atoms with Gasteiger partial charge in [0.25, 0.3) is 0 Å². The molecule has 0 saturated carbocycles. The van der Waals surface area contributed by atoms with Gasteiger partial charge in [-0.25, -0.2) is 0 Å². The van der Waals surface area contributed by atoms with Crippen LogP contribution in [0.5, 0.6) is 5.75 Å². The molecule has 0 fully saturated rings. The van der Waals surface area contributed by atoms with Crippen molar-refractivity contribution in [3.63, 3.8) is 0 Å². The van der Waals surface area contributed by atoms with Gasteiger partial charge in [-0.05, 0) is 23.3 Å². The Morgan fingerprint density at radius 3 is 2.14 bits per heavy atom. The Bertz CT molecular complexity index is 579. The first-order valence-electron chi connectivity index (χ1n) is 6.50. The lowest BCUT2D eigenvalue weighted by Gasteiger charge is -2.16. The molecule has 0 heterocycles. The molecular weight excluding hydrogens is 276 g/mol. The monoisotopic (exact) mass is 291 g/mol. The third-order valence-electron chi connectivity index (χ3n) is 3.04. The van der Waals surface area contributed by atoms with Crippen molar-refractivity contribution in [2.45, 2.75) is 19.0 Å². The maximum absolute atomic E-state index is 12.8. The zero-order valence-electron chi connectivity index (χ0n) is 11.5. The van der Waals surface area contributed by atoms with E-state index in [-0.39, 0.29) is 18.2 Å². The number of hydrogen-bond donors (Lipinski definition) is 0. The van der Waals surface area contributed by atoms with E-state index in [9.17, 15) is 13.7 Å². The molecule has 3 nitrogen and oxygen atoms in total. The lowest BCUT2D eigenvalue weighted by atomic mass is 9.91. The molecule has 0 saturated heterocycles. The highest BCUT2D eigenvalue weighted by Gasteiger charge is 2.23. The van der Waals surface area contributed by atoms with Crippen molar-refractivity contribution in [3.8, 4) is 5.75 Å². The Balaban J connectivity index is 2.24. The molecule has 1 atom stereocenters. The minimum atomic E-state index is -3.22. The second-order valence-corrected chi connectivity index (χ2v) is 4.75. The fourth-order valence-corrected chi connectivity index (χ4v) is 2.14. The smallest absolute Gasteiger partial charge is 0.394 e. The van der Waals surface area contributed by atoms with Gasteiger partial charge in [-0.15, -0.1) is 0 Å².